The number of carbonyl (C=O) groups is 3. The highest BCUT2D eigenvalue weighted by Gasteiger charge is 2.28. The van der Waals surface area contributed by atoms with E-state index in [0.29, 0.717) is 12.1 Å². The maximum atomic E-state index is 12.8. The van der Waals surface area contributed by atoms with Gasteiger partial charge in [-0.05, 0) is 55.7 Å². The monoisotopic (exact) mass is 352 g/mol. The fraction of sp³-hybridized carbons (Fsp3) is 0.250. The van der Waals surface area contributed by atoms with Gasteiger partial charge in [0.25, 0.3) is 5.91 Å². The molecule has 3 rings (SSSR count). The minimum atomic E-state index is -0.913. The number of rotatable bonds is 4. The smallest absolute Gasteiger partial charge is 0.338 e. The Bertz CT molecular complexity index is 845. The molecular weight excluding hydrogens is 332 g/mol. The Morgan fingerprint density at radius 3 is 2.38 bits per heavy atom. The number of esters is 1. The van der Waals surface area contributed by atoms with Crippen LogP contribution < -0.4 is 10.6 Å². The molecule has 2 aromatic carbocycles. The highest BCUT2D eigenvalue weighted by molar-refractivity contribution is 6.00. The molecule has 1 unspecified atom stereocenters. The van der Waals surface area contributed by atoms with Gasteiger partial charge in [0.05, 0.1) is 5.56 Å². The molecule has 0 aliphatic carbocycles. The zero-order chi connectivity index (χ0) is 18.7. The quantitative estimate of drug-likeness (QED) is 0.855. The fourth-order valence-corrected chi connectivity index (χ4v) is 3.03. The van der Waals surface area contributed by atoms with Crippen molar-refractivity contribution in [3.05, 3.63) is 65.2 Å². The van der Waals surface area contributed by atoms with Crippen LogP contribution in [0.25, 0.3) is 0 Å². The molecule has 0 radical (unpaired) electrons. The number of fused-ring (bicyclic) bond motifs is 1. The van der Waals surface area contributed by atoms with Crippen LogP contribution in [-0.2, 0) is 16.0 Å². The second-order valence-corrected chi connectivity index (χ2v) is 6.21. The summed E-state index contributed by atoms with van der Waals surface area (Å²) in [6, 6.07) is 13.6. The molecule has 2 amide bonds. The van der Waals surface area contributed by atoms with Crippen molar-refractivity contribution in [1.29, 1.82) is 0 Å². The molecule has 2 N–H and O–H groups in total. The molecule has 1 atom stereocenters. The lowest BCUT2D eigenvalue weighted by atomic mass is 10.0. The first-order chi connectivity index (χ1) is 12.5. The number of amides is 2. The Hall–Kier alpha value is -3.15. The van der Waals surface area contributed by atoms with Crippen molar-refractivity contribution < 1.29 is 19.1 Å². The maximum Gasteiger partial charge on any atom is 0.338 e. The van der Waals surface area contributed by atoms with Gasteiger partial charge in [0.1, 0.15) is 0 Å². The van der Waals surface area contributed by atoms with E-state index in [4.69, 9.17) is 10.5 Å². The Morgan fingerprint density at radius 2 is 1.69 bits per heavy atom. The fourth-order valence-electron chi connectivity index (χ4n) is 3.03. The van der Waals surface area contributed by atoms with E-state index in [1.54, 1.807) is 11.8 Å². The van der Waals surface area contributed by atoms with Crippen LogP contribution in [0.5, 0.6) is 0 Å². The van der Waals surface area contributed by atoms with E-state index in [1.165, 1.54) is 24.3 Å². The number of hydrogen-bond acceptors (Lipinski definition) is 4. The summed E-state index contributed by atoms with van der Waals surface area (Å²) in [5, 5.41) is 0. The molecule has 134 valence electrons. The number of ether oxygens (including phenoxy) is 1. The van der Waals surface area contributed by atoms with Crippen LogP contribution >= 0.6 is 0 Å². The third-order valence-corrected chi connectivity index (χ3v) is 4.41. The Balaban J connectivity index is 1.70. The molecule has 6 heteroatoms. The summed E-state index contributed by atoms with van der Waals surface area (Å²) in [7, 11) is 0. The number of nitrogens with two attached hydrogens (primary N) is 1. The molecule has 0 spiro atoms. The molecule has 0 saturated heterocycles. The normalized spacial score (nSPS) is 14.3. The summed E-state index contributed by atoms with van der Waals surface area (Å²) in [5.74, 6) is -1.44. The zero-order valence-electron chi connectivity index (χ0n) is 14.5. The van der Waals surface area contributed by atoms with Gasteiger partial charge in [0.15, 0.2) is 6.10 Å². The number of hydrogen-bond donors (Lipinski definition) is 1. The van der Waals surface area contributed by atoms with Crippen molar-refractivity contribution in [3.8, 4) is 0 Å². The van der Waals surface area contributed by atoms with Gasteiger partial charge in [0.2, 0.25) is 5.91 Å². The third kappa shape index (κ3) is 3.59. The van der Waals surface area contributed by atoms with Gasteiger partial charge in [-0.3, -0.25) is 9.59 Å². The number of anilines is 1. The van der Waals surface area contributed by atoms with Crippen LogP contribution in [0.3, 0.4) is 0 Å². The van der Waals surface area contributed by atoms with Crippen LogP contribution in [0, 0.1) is 0 Å². The SMILES string of the molecule is CC(OC(=O)c1ccc(C(N)=O)cc1)C(=O)N1CCCc2ccccc21. The highest BCUT2D eigenvalue weighted by Crippen LogP contribution is 2.27. The number of primary amides is 1. The second-order valence-electron chi connectivity index (χ2n) is 6.21. The Kier molecular flexibility index (Phi) is 5.02. The Morgan fingerprint density at radius 1 is 1.04 bits per heavy atom. The van der Waals surface area contributed by atoms with E-state index in [0.717, 1.165) is 24.1 Å². The molecule has 0 saturated carbocycles. The molecular formula is C20H20N2O4. The van der Waals surface area contributed by atoms with Gasteiger partial charge in [-0.25, -0.2) is 4.79 Å². The topological polar surface area (TPSA) is 89.7 Å². The third-order valence-electron chi connectivity index (χ3n) is 4.41. The molecule has 0 fully saturated rings. The maximum absolute atomic E-state index is 12.8. The van der Waals surface area contributed by atoms with Gasteiger partial charge in [-0.1, -0.05) is 18.2 Å². The second kappa shape index (κ2) is 7.39. The van der Waals surface area contributed by atoms with E-state index in [-0.39, 0.29) is 11.5 Å². The molecule has 0 bridgehead atoms. The van der Waals surface area contributed by atoms with Crippen molar-refractivity contribution in [2.24, 2.45) is 5.73 Å². The lowest BCUT2D eigenvalue weighted by molar-refractivity contribution is -0.126. The van der Waals surface area contributed by atoms with Crippen LogP contribution in [-0.4, -0.2) is 30.4 Å². The lowest BCUT2D eigenvalue weighted by Gasteiger charge is -2.31. The van der Waals surface area contributed by atoms with Gasteiger partial charge in [-0.2, -0.15) is 0 Å². The van der Waals surface area contributed by atoms with Gasteiger partial charge < -0.3 is 15.4 Å². The van der Waals surface area contributed by atoms with Crippen molar-refractivity contribution in [3.63, 3.8) is 0 Å². The number of nitrogens with zero attached hydrogens (tertiary/aromatic N) is 1. The van der Waals surface area contributed by atoms with E-state index < -0.39 is 18.0 Å². The van der Waals surface area contributed by atoms with E-state index in [9.17, 15) is 14.4 Å². The summed E-state index contributed by atoms with van der Waals surface area (Å²) in [5.41, 5.74) is 7.73. The minimum Gasteiger partial charge on any atom is -0.449 e. The number of carbonyl (C=O) groups excluding carboxylic acids is 3. The van der Waals surface area contributed by atoms with Crippen molar-refractivity contribution >= 4 is 23.5 Å². The van der Waals surface area contributed by atoms with Crippen LogP contribution in [0.4, 0.5) is 5.69 Å². The van der Waals surface area contributed by atoms with Gasteiger partial charge >= 0.3 is 5.97 Å². The van der Waals surface area contributed by atoms with Crippen LogP contribution in [0.15, 0.2) is 48.5 Å². The molecule has 2 aromatic rings. The summed E-state index contributed by atoms with van der Waals surface area (Å²) < 4.78 is 5.32. The Labute approximate surface area is 151 Å². The highest BCUT2D eigenvalue weighted by atomic mass is 16.5. The van der Waals surface area contributed by atoms with Crippen LogP contribution in [0.1, 0.15) is 39.6 Å². The minimum absolute atomic E-state index is 0.251. The van der Waals surface area contributed by atoms with E-state index in [2.05, 4.69) is 0 Å². The molecule has 26 heavy (non-hydrogen) atoms. The first-order valence-corrected chi connectivity index (χ1v) is 8.47. The average Bonchev–Trinajstić information content (AvgIpc) is 2.66. The molecule has 1 aliphatic heterocycles. The summed E-state index contributed by atoms with van der Waals surface area (Å²) in [6.45, 7) is 2.17. The van der Waals surface area contributed by atoms with Crippen LogP contribution in [0.2, 0.25) is 0 Å². The van der Waals surface area contributed by atoms with Gasteiger partial charge in [-0.15, -0.1) is 0 Å². The van der Waals surface area contributed by atoms with Crippen molar-refractivity contribution in [2.75, 3.05) is 11.4 Å². The standard InChI is InChI=1S/C20H20N2O4/c1-13(26-20(25)16-10-8-15(9-11-16)18(21)23)19(24)22-12-4-6-14-5-2-3-7-17(14)22/h2-3,5,7-11,13H,4,6,12H2,1H3,(H2,21,23). The van der Waals surface area contributed by atoms with E-state index in [1.807, 2.05) is 24.3 Å². The largest absolute Gasteiger partial charge is 0.449 e. The average molecular weight is 352 g/mol. The lowest BCUT2D eigenvalue weighted by Crippen LogP contribution is -2.42. The summed E-state index contributed by atoms with van der Waals surface area (Å²) in [4.78, 5) is 37.8. The van der Waals surface area contributed by atoms with Crippen molar-refractivity contribution in [2.45, 2.75) is 25.9 Å². The summed E-state index contributed by atoms with van der Waals surface area (Å²) >= 11 is 0. The molecule has 0 aromatic heterocycles. The first-order valence-electron chi connectivity index (χ1n) is 8.47. The predicted octanol–water partition coefficient (Wildman–Crippen LogP) is 2.31. The number of para-hydroxylation sites is 1. The molecule has 6 nitrogen and oxygen atoms in total. The number of benzene rings is 2. The summed E-state index contributed by atoms with van der Waals surface area (Å²) in [6.07, 6.45) is 0.891. The van der Waals surface area contributed by atoms with Gasteiger partial charge in [0, 0.05) is 17.8 Å². The molecule has 1 aliphatic rings. The zero-order valence-corrected chi connectivity index (χ0v) is 14.5. The first kappa shape index (κ1) is 17.7. The molecule has 1 heterocycles. The predicted molar refractivity (Wildman–Crippen MR) is 97.0 cm³/mol. The van der Waals surface area contributed by atoms with E-state index >= 15 is 0 Å². The number of aryl methyl sites for hydroxylation is 1. The van der Waals surface area contributed by atoms with Crippen molar-refractivity contribution in [1.82, 2.24) is 0 Å².